The number of rotatable bonds is 6. The Hall–Kier alpha value is -2.75. The predicted octanol–water partition coefficient (Wildman–Crippen LogP) is 5.17. The first-order valence-corrected chi connectivity index (χ1v) is 9.25. The molecule has 1 aliphatic heterocycles. The summed E-state index contributed by atoms with van der Waals surface area (Å²) in [5.74, 6) is -0.574. The van der Waals surface area contributed by atoms with Gasteiger partial charge in [-0.15, -0.1) is 0 Å². The smallest absolute Gasteiger partial charge is 0.416 e. The van der Waals surface area contributed by atoms with Gasteiger partial charge in [-0.3, -0.25) is 0 Å². The third-order valence-electron chi connectivity index (χ3n) is 5.19. The fourth-order valence-corrected chi connectivity index (χ4v) is 3.66. The molecule has 2 aromatic carbocycles. The molecule has 0 N–H and O–H groups in total. The van der Waals surface area contributed by atoms with E-state index in [0.717, 1.165) is 24.3 Å². The van der Waals surface area contributed by atoms with Crippen LogP contribution in [-0.2, 0) is 21.3 Å². The second-order valence-electron chi connectivity index (χ2n) is 7.16. The van der Waals surface area contributed by atoms with Crippen molar-refractivity contribution in [1.29, 1.82) is 0 Å². The van der Waals surface area contributed by atoms with Crippen molar-refractivity contribution >= 4 is 11.7 Å². The summed E-state index contributed by atoms with van der Waals surface area (Å²) in [6.45, 7) is -3.82. The summed E-state index contributed by atoms with van der Waals surface area (Å²) in [6, 6.07) is 8.80. The van der Waals surface area contributed by atoms with E-state index in [1.165, 1.54) is 36.3 Å². The van der Waals surface area contributed by atoms with Gasteiger partial charge in [-0.2, -0.15) is 22.0 Å². The van der Waals surface area contributed by atoms with E-state index in [4.69, 9.17) is 0 Å². The molecule has 0 saturated carbocycles. The zero-order chi connectivity index (χ0) is 22.8. The van der Waals surface area contributed by atoms with Crippen LogP contribution in [0.4, 0.5) is 32.0 Å². The third-order valence-corrected chi connectivity index (χ3v) is 5.19. The van der Waals surface area contributed by atoms with Crippen LogP contribution in [0.2, 0.25) is 0 Å². The lowest BCUT2D eigenvalue weighted by atomic mass is 9.92. The van der Waals surface area contributed by atoms with E-state index in [1.54, 1.807) is 0 Å². The number of nitrogens with zero attached hydrogens (tertiary/aromatic N) is 1. The van der Waals surface area contributed by atoms with Crippen LogP contribution in [0.15, 0.2) is 48.5 Å². The topological polar surface area (TPSA) is 38.8 Å². The molecular weight excluding hydrogens is 428 g/mol. The van der Waals surface area contributed by atoms with Gasteiger partial charge in [0.05, 0.1) is 37.4 Å². The van der Waals surface area contributed by atoms with Crippen LogP contribution in [0, 0.1) is 0 Å². The molecule has 0 aromatic heterocycles. The molecule has 3 rings (SSSR count). The third kappa shape index (κ3) is 5.12. The van der Waals surface area contributed by atoms with E-state index in [0.29, 0.717) is 5.69 Å². The zero-order valence-electron chi connectivity index (χ0n) is 16.3. The molecule has 31 heavy (non-hydrogen) atoms. The first kappa shape index (κ1) is 22.9. The Balaban J connectivity index is 1.88. The van der Waals surface area contributed by atoms with E-state index in [9.17, 15) is 26.7 Å². The molecule has 0 aliphatic carbocycles. The average Bonchev–Trinajstić information content (AvgIpc) is 3.09. The Morgan fingerprint density at radius 2 is 1.74 bits per heavy atom. The molecule has 10 heteroatoms. The van der Waals surface area contributed by atoms with E-state index in [-0.39, 0.29) is 24.1 Å². The van der Waals surface area contributed by atoms with Gasteiger partial charge in [0, 0.05) is 12.1 Å². The van der Waals surface area contributed by atoms with Crippen LogP contribution in [0.3, 0.4) is 0 Å². The van der Waals surface area contributed by atoms with Crippen molar-refractivity contribution in [3.8, 4) is 0 Å². The Morgan fingerprint density at radius 1 is 1.13 bits per heavy atom. The SMILES string of the molecule is COC(=O)c1ccc(N2CC(F)(c3ccc(C(F)(F)F)cc3)CC2COC(F)F)cc1. The van der Waals surface area contributed by atoms with Crippen LogP contribution < -0.4 is 4.90 Å². The van der Waals surface area contributed by atoms with Crippen LogP contribution in [0.25, 0.3) is 0 Å². The molecule has 168 valence electrons. The van der Waals surface area contributed by atoms with E-state index < -0.39 is 42.6 Å². The van der Waals surface area contributed by atoms with E-state index in [2.05, 4.69) is 9.47 Å². The highest BCUT2D eigenvalue weighted by atomic mass is 19.4. The standard InChI is InChI=1S/C21H19F6NO3/c1-30-18(29)13-2-8-16(9-3-13)28-12-20(24,10-17(28)11-31-19(22)23)14-4-6-15(7-5-14)21(25,26)27/h2-9,17,19H,10-12H2,1H3. The monoisotopic (exact) mass is 447 g/mol. The van der Waals surface area contributed by atoms with Gasteiger partial charge in [0.1, 0.15) is 0 Å². The number of methoxy groups -OCH3 is 1. The molecule has 1 saturated heterocycles. The normalized spacial score (nSPS) is 21.5. The molecule has 2 atom stereocenters. The van der Waals surface area contributed by atoms with Gasteiger partial charge in [-0.25, -0.2) is 9.18 Å². The van der Waals surface area contributed by atoms with E-state index in [1.807, 2.05) is 0 Å². The number of ether oxygens (including phenoxy) is 2. The van der Waals surface area contributed by atoms with Gasteiger partial charge in [0.25, 0.3) is 0 Å². The van der Waals surface area contributed by atoms with Gasteiger partial charge in [0.2, 0.25) is 0 Å². The minimum Gasteiger partial charge on any atom is -0.465 e. The highest BCUT2D eigenvalue weighted by Gasteiger charge is 2.46. The predicted molar refractivity (Wildman–Crippen MR) is 99.7 cm³/mol. The first-order chi connectivity index (χ1) is 14.5. The van der Waals surface area contributed by atoms with E-state index >= 15 is 4.39 Å². The van der Waals surface area contributed by atoms with Crippen LogP contribution >= 0.6 is 0 Å². The molecule has 2 aromatic rings. The highest BCUT2D eigenvalue weighted by molar-refractivity contribution is 5.89. The molecule has 2 unspecified atom stereocenters. The molecule has 0 radical (unpaired) electrons. The summed E-state index contributed by atoms with van der Waals surface area (Å²) in [5.41, 5.74) is -2.29. The fraction of sp³-hybridized carbons (Fsp3) is 0.381. The molecule has 4 nitrogen and oxygen atoms in total. The van der Waals surface area contributed by atoms with Crippen LogP contribution in [0.1, 0.15) is 27.9 Å². The average molecular weight is 447 g/mol. The maximum absolute atomic E-state index is 15.8. The number of hydrogen-bond donors (Lipinski definition) is 0. The number of anilines is 1. The lowest BCUT2D eigenvalue weighted by Crippen LogP contribution is -2.34. The molecule has 0 spiro atoms. The summed E-state index contributed by atoms with van der Waals surface area (Å²) in [5, 5.41) is 0. The zero-order valence-corrected chi connectivity index (χ0v) is 16.3. The Labute approximate surface area is 174 Å². The van der Waals surface area contributed by atoms with Crippen molar-refractivity contribution in [1.82, 2.24) is 0 Å². The molecule has 1 aliphatic rings. The Kier molecular flexibility index (Phi) is 6.49. The summed E-state index contributed by atoms with van der Waals surface area (Å²) in [6.07, 6.45) is -4.82. The number of carbonyl (C=O) groups excluding carboxylic acids is 1. The summed E-state index contributed by atoms with van der Waals surface area (Å²) < 4.78 is 88.4. The number of carbonyl (C=O) groups is 1. The van der Waals surface area contributed by atoms with Gasteiger partial charge >= 0.3 is 18.8 Å². The number of benzene rings is 2. The van der Waals surface area contributed by atoms with Gasteiger partial charge < -0.3 is 14.4 Å². The minimum atomic E-state index is -4.56. The van der Waals surface area contributed by atoms with Crippen LogP contribution in [-0.4, -0.2) is 38.9 Å². The van der Waals surface area contributed by atoms with Gasteiger partial charge in [-0.1, -0.05) is 12.1 Å². The molecule has 1 fully saturated rings. The summed E-state index contributed by atoms with van der Waals surface area (Å²) in [7, 11) is 1.22. The van der Waals surface area contributed by atoms with Gasteiger partial charge in [0.15, 0.2) is 5.67 Å². The maximum atomic E-state index is 15.8. The molecule has 0 bridgehead atoms. The largest absolute Gasteiger partial charge is 0.465 e. The maximum Gasteiger partial charge on any atom is 0.416 e. The second kappa shape index (κ2) is 8.78. The number of esters is 1. The highest BCUT2D eigenvalue weighted by Crippen LogP contribution is 2.42. The number of hydrogen-bond acceptors (Lipinski definition) is 4. The molecule has 0 amide bonds. The lowest BCUT2D eigenvalue weighted by molar-refractivity contribution is -0.137. The van der Waals surface area contributed by atoms with Crippen molar-refractivity contribution in [2.75, 3.05) is 25.2 Å². The van der Waals surface area contributed by atoms with Crippen LogP contribution in [0.5, 0.6) is 0 Å². The lowest BCUT2D eigenvalue weighted by Gasteiger charge is -2.26. The van der Waals surface area contributed by atoms with Crippen molar-refractivity contribution in [3.05, 3.63) is 65.2 Å². The number of alkyl halides is 6. The van der Waals surface area contributed by atoms with Crippen molar-refractivity contribution in [2.45, 2.75) is 30.9 Å². The Morgan fingerprint density at radius 3 is 2.26 bits per heavy atom. The summed E-state index contributed by atoms with van der Waals surface area (Å²) in [4.78, 5) is 13.1. The fourth-order valence-electron chi connectivity index (χ4n) is 3.66. The quantitative estimate of drug-likeness (QED) is 0.452. The number of halogens is 6. The van der Waals surface area contributed by atoms with Crippen molar-refractivity contribution < 1.29 is 40.6 Å². The minimum absolute atomic E-state index is 0.0104. The Bertz CT molecular complexity index is 901. The van der Waals surface area contributed by atoms with Gasteiger partial charge in [-0.05, 0) is 42.0 Å². The molecule has 1 heterocycles. The second-order valence-corrected chi connectivity index (χ2v) is 7.16. The molecular formula is C21H19F6NO3. The summed E-state index contributed by atoms with van der Waals surface area (Å²) >= 11 is 0. The van der Waals surface area contributed by atoms with Crippen molar-refractivity contribution in [3.63, 3.8) is 0 Å². The van der Waals surface area contributed by atoms with Crippen molar-refractivity contribution in [2.24, 2.45) is 0 Å². The first-order valence-electron chi connectivity index (χ1n) is 9.25.